The van der Waals surface area contributed by atoms with E-state index in [9.17, 15) is 4.79 Å². The van der Waals surface area contributed by atoms with Gasteiger partial charge in [0.2, 0.25) is 5.96 Å². The molecule has 0 aliphatic carbocycles. The van der Waals surface area contributed by atoms with Crippen molar-refractivity contribution < 1.29 is 9.53 Å². The van der Waals surface area contributed by atoms with Gasteiger partial charge in [0.05, 0.1) is 13.2 Å². The number of guanidine groups is 1. The van der Waals surface area contributed by atoms with Crippen LogP contribution in [0.1, 0.15) is 5.56 Å². The molecule has 2 aromatic rings. The van der Waals surface area contributed by atoms with E-state index in [-0.39, 0.29) is 30.7 Å². The van der Waals surface area contributed by atoms with Gasteiger partial charge in [-0.25, -0.2) is 9.98 Å². The lowest BCUT2D eigenvalue weighted by atomic mass is 10.2. The summed E-state index contributed by atoms with van der Waals surface area (Å²) in [6, 6.07) is 3.83. The fourth-order valence-corrected chi connectivity index (χ4v) is 2.62. The van der Waals surface area contributed by atoms with E-state index in [1.165, 1.54) is 0 Å². The average molecular weight is 370 g/mol. The predicted octanol–water partition coefficient (Wildman–Crippen LogP) is 1.57. The topological polar surface area (TPSA) is 82.6 Å². The van der Waals surface area contributed by atoms with Crippen LogP contribution in [0, 0.1) is 0 Å². The van der Waals surface area contributed by atoms with Gasteiger partial charge in [-0.2, -0.15) is 0 Å². The minimum atomic E-state index is -0.181. The Morgan fingerprint density at radius 1 is 1.25 bits per heavy atom. The third kappa shape index (κ3) is 3.38. The molecule has 0 bridgehead atoms. The summed E-state index contributed by atoms with van der Waals surface area (Å²) in [6.45, 7) is 2.79. The Morgan fingerprint density at radius 2 is 2.04 bits per heavy atom. The van der Waals surface area contributed by atoms with Crippen molar-refractivity contribution in [3.05, 3.63) is 35.8 Å². The average Bonchev–Trinajstić information content (AvgIpc) is 3.13. The van der Waals surface area contributed by atoms with Crippen molar-refractivity contribution in [2.75, 3.05) is 26.3 Å². The molecule has 0 aromatic carbocycles. The monoisotopic (exact) mass is 369 g/mol. The van der Waals surface area contributed by atoms with E-state index < -0.39 is 0 Å². The van der Waals surface area contributed by atoms with Crippen LogP contribution in [0.15, 0.2) is 35.2 Å². The zero-order valence-corrected chi connectivity index (χ0v) is 14.3. The lowest BCUT2D eigenvalue weighted by Crippen LogP contribution is -2.46. The molecular formula is C15H17Cl2N5O2. The van der Waals surface area contributed by atoms with Crippen LogP contribution in [0.4, 0.5) is 0 Å². The van der Waals surface area contributed by atoms with Gasteiger partial charge in [-0.1, -0.05) is 0 Å². The van der Waals surface area contributed by atoms with Gasteiger partial charge in [-0.05, 0) is 18.2 Å². The number of carbonyl (C=O) groups excluding carboxylic acids is 1. The van der Waals surface area contributed by atoms with Crippen molar-refractivity contribution in [1.82, 2.24) is 20.2 Å². The Kier molecular flexibility index (Phi) is 5.82. The number of rotatable bonds is 1. The van der Waals surface area contributed by atoms with E-state index in [1.54, 1.807) is 12.3 Å². The lowest BCUT2D eigenvalue weighted by molar-refractivity contribution is -0.115. The van der Waals surface area contributed by atoms with Gasteiger partial charge in [0.1, 0.15) is 11.3 Å². The molecule has 7 nitrogen and oxygen atoms in total. The van der Waals surface area contributed by atoms with E-state index in [0.29, 0.717) is 24.9 Å². The highest BCUT2D eigenvalue weighted by atomic mass is 35.5. The van der Waals surface area contributed by atoms with E-state index in [2.05, 4.69) is 20.3 Å². The number of morpholine rings is 1. The number of nitrogens with one attached hydrogen (secondary N) is 2. The van der Waals surface area contributed by atoms with Crippen molar-refractivity contribution >= 4 is 53.8 Å². The molecule has 2 aliphatic heterocycles. The van der Waals surface area contributed by atoms with Crippen molar-refractivity contribution in [3.8, 4) is 0 Å². The molecule has 1 saturated heterocycles. The van der Waals surface area contributed by atoms with Gasteiger partial charge in [0.25, 0.3) is 5.91 Å². The second-order valence-corrected chi connectivity index (χ2v) is 5.16. The summed E-state index contributed by atoms with van der Waals surface area (Å²) in [5.74, 6) is 0.428. The van der Waals surface area contributed by atoms with Gasteiger partial charge < -0.3 is 14.6 Å². The molecule has 2 aliphatic rings. The van der Waals surface area contributed by atoms with Crippen molar-refractivity contribution in [1.29, 1.82) is 0 Å². The quantitative estimate of drug-likeness (QED) is 0.747. The molecule has 1 amide bonds. The van der Waals surface area contributed by atoms with Crippen molar-refractivity contribution in [3.63, 3.8) is 0 Å². The van der Waals surface area contributed by atoms with Crippen LogP contribution >= 0.6 is 24.8 Å². The number of ether oxygens (including phenoxy) is 1. The number of nitrogens with zero attached hydrogens (tertiary/aromatic N) is 3. The van der Waals surface area contributed by atoms with Crippen LogP contribution in [0.2, 0.25) is 0 Å². The highest BCUT2D eigenvalue weighted by Gasteiger charge is 2.25. The number of hydrogen-bond acceptors (Lipinski definition) is 5. The van der Waals surface area contributed by atoms with E-state index in [1.807, 2.05) is 23.2 Å². The first-order valence-corrected chi connectivity index (χ1v) is 7.18. The maximum absolute atomic E-state index is 12.1. The summed E-state index contributed by atoms with van der Waals surface area (Å²) in [5, 5.41) is 3.79. The van der Waals surface area contributed by atoms with E-state index >= 15 is 0 Å². The Labute approximate surface area is 151 Å². The Hall–Kier alpha value is -2.09. The summed E-state index contributed by atoms with van der Waals surface area (Å²) >= 11 is 0. The number of halogens is 2. The number of carbonyl (C=O) groups is 1. The zero-order chi connectivity index (χ0) is 14.9. The fourth-order valence-electron chi connectivity index (χ4n) is 2.62. The number of aromatic nitrogens is 2. The van der Waals surface area contributed by atoms with Gasteiger partial charge in [-0.3, -0.25) is 10.1 Å². The summed E-state index contributed by atoms with van der Waals surface area (Å²) in [5.41, 5.74) is 2.11. The third-order valence-corrected chi connectivity index (χ3v) is 3.77. The molecule has 4 rings (SSSR count). The smallest absolute Gasteiger partial charge is 0.276 e. The Morgan fingerprint density at radius 3 is 2.83 bits per heavy atom. The van der Waals surface area contributed by atoms with Crippen LogP contribution < -0.4 is 5.32 Å². The third-order valence-electron chi connectivity index (χ3n) is 3.77. The molecule has 0 saturated carbocycles. The zero-order valence-electron chi connectivity index (χ0n) is 12.7. The molecule has 0 unspecified atom stereocenters. The SMILES string of the molecule is Cl.Cl.O=C1NC(N2CCOCC2)=NC1=Cc1c[nH]c2ncccc12. The van der Waals surface area contributed by atoms with Crippen LogP contribution in [0.5, 0.6) is 0 Å². The van der Waals surface area contributed by atoms with Gasteiger partial charge >= 0.3 is 0 Å². The van der Waals surface area contributed by atoms with Gasteiger partial charge in [0.15, 0.2) is 0 Å². The predicted molar refractivity (Wildman–Crippen MR) is 96.5 cm³/mol. The lowest BCUT2D eigenvalue weighted by Gasteiger charge is -2.27. The molecule has 4 heterocycles. The van der Waals surface area contributed by atoms with Gasteiger partial charge in [0, 0.05) is 36.4 Å². The first-order valence-electron chi connectivity index (χ1n) is 7.18. The number of fused-ring (bicyclic) bond motifs is 1. The number of H-pyrrole nitrogens is 1. The number of aromatic amines is 1. The molecule has 24 heavy (non-hydrogen) atoms. The second-order valence-electron chi connectivity index (χ2n) is 5.16. The summed E-state index contributed by atoms with van der Waals surface area (Å²) in [7, 11) is 0. The maximum Gasteiger partial charge on any atom is 0.276 e. The van der Waals surface area contributed by atoms with E-state index in [4.69, 9.17) is 4.74 Å². The van der Waals surface area contributed by atoms with Crippen LogP contribution in [0.3, 0.4) is 0 Å². The standard InChI is InChI=1S/C15H15N5O2.2ClH/c21-14-12(18-15(19-14)20-4-6-22-7-5-20)8-10-9-17-13-11(10)2-1-3-16-13;;/h1-3,8-9H,4-7H2,(H,16,17)(H,18,19,21);2*1H. The normalized spacial score (nSPS) is 18.8. The Bertz CT molecular complexity index is 796. The largest absolute Gasteiger partial charge is 0.378 e. The van der Waals surface area contributed by atoms with Crippen LogP contribution in [-0.4, -0.2) is 53.0 Å². The van der Waals surface area contributed by atoms with Crippen LogP contribution in [0.25, 0.3) is 17.1 Å². The fraction of sp³-hybridized carbons (Fsp3) is 0.267. The summed E-state index contributed by atoms with van der Waals surface area (Å²) < 4.78 is 5.31. The van der Waals surface area contributed by atoms with Crippen molar-refractivity contribution in [2.24, 2.45) is 4.99 Å². The van der Waals surface area contributed by atoms with Crippen molar-refractivity contribution in [2.45, 2.75) is 0 Å². The molecule has 1 fully saturated rings. The second kappa shape index (κ2) is 7.65. The molecule has 128 valence electrons. The molecule has 0 spiro atoms. The van der Waals surface area contributed by atoms with E-state index in [0.717, 1.165) is 29.7 Å². The summed E-state index contributed by atoms with van der Waals surface area (Å²) in [4.78, 5) is 25.9. The highest BCUT2D eigenvalue weighted by molar-refractivity contribution is 6.14. The molecule has 9 heteroatoms. The van der Waals surface area contributed by atoms with Crippen LogP contribution in [-0.2, 0) is 9.53 Å². The minimum Gasteiger partial charge on any atom is -0.378 e. The number of hydrogen-bond donors (Lipinski definition) is 2. The molecule has 0 atom stereocenters. The molecule has 0 radical (unpaired) electrons. The summed E-state index contributed by atoms with van der Waals surface area (Å²) in [6.07, 6.45) is 5.34. The number of amides is 1. The molecular weight excluding hydrogens is 353 g/mol. The maximum atomic E-state index is 12.1. The first-order chi connectivity index (χ1) is 10.8. The van der Waals surface area contributed by atoms with Gasteiger partial charge in [-0.15, -0.1) is 24.8 Å². The number of aliphatic imine (C=N–C) groups is 1. The highest BCUT2D eigenvalue weighted by Crippen LogP contribution is 2.20. The molecule has 2 aromatic heterocycles. The Balaban J connectivity index is 0.00000104. The molecule has 2 N–H and O–H groups in total. The minimum absolute atomic E-state index is 0. The number of pyridine rings is 1. The first kappa shape index (κ1) is 18.3.